The molecule has 0 spiro atoms. The first-order valence-corrected chi connectivity index (χ1v) is 7.08. The van der Waals surface area contributed by atoms with E-state index in [1.165, 1.54) is 12.8 Å². The summed E-state index contributed by atoms with van der Waals surface area (Å²) in [5, 5.41) is 4.93. The van der Waals surface area contributed by atoms with Gasteiger partial charge in [-0.05, 0) is 38.9 Å². The lowest BCUT2D eigenvalue weighted by Crippen LogP contribution is -2.46. The fraction of sp³-hybridized carbons (Fsp3) is 1.00. The summed E-state index contributed by atoms with van der Waals surface area (Å²) in [4.78, 5) is 2.38. The molecule has 0 unspecified atom stereocenters. The highest BCUT2D eigenvalue weighted by molar-refractivity contribution is 7.87. The second-order valence-electron chi connectivity index (χ2n) is 4.13. The van der Waals surface area contributed by atoms with Gasteiger partial charge in [-0.25, -0.2) is 5.14 Å². The summed E-state index contributed by atoms with van der Waals surface area (Å²) in [5.41, 5.74) is 0. The first-order valence-electron chi connectivity index (χ1n) is 5.53. The molecule has 1 heterocycles. The zero-order valence-corrected chi connectivity index (χ0v) is 10.1. The molecule has 3 N–H and O–H groups in total. The van der Waals surface area contributed by atoms with E-state index in [0.29, 0.717) is 0 Å². The molecule has 0 radical (unpaired) electrons. The molecular formula is C9H21N3O2S. The van der Waals surface area contributed by atoms with Gasteiger partial charge in [0.15, 0.2) is 0 Å². The summed E-state index contributed by atoms with van der Waals surface area (Å²) >= 11 is 0. The first kappa shape index (κ1) is 12.9. The minimum atomic E-state index is -3.53. The van der Waals surface area contributed by atoms with Crippen molar-refractivity contribution in [1.82, 2.24) is 9.62 Å². The number of nitrogens with two attached hydrogens (primary N) is 1. The van der Waals surface area contributed by atoms with Crippen molar-refractivity contribution >= 4 is 10.2 Å². The van der Waals surface area contributed by atoms with Crippen molar-refractivity contribution in [3.05, 3.63) is 0 Å². The number of rotatable bonds is 5. The van der Waals surface area contributed by atoms with Crippen LogP contribution >= 0.6 is 0 Å². The number of hydrogen-bond acceptors (Lipinski definition) is 3. The number of piperidine rings is 1. The molecule has 0 aromatic rings. The van der Waals surface area contributed by atoms with E-state index in [0.717, 1.165) is 32.5 Å². The highest BCUT2D eigenvalue weighted by Gasteiger charge is 2.21. The third kappa shape index (κ3) is 5.46. The highest BCUT2D eigenvalue weighted by atomic mass is 32.2. The topological polar surface area (TPSA) is 75.4 Å². The summed E-state index contributed by atoms with van der Waals surface area (Å²) in [6.07, 6.45) is 4.14. The largest absolute Gasteiger partial charge is 0.303 e. The molecule has 1 aliphatic heterocycles. The van der Waals surface area contributed by atoms with Gasteiger partial charge in [0, 0.05) is 6.04 Å². The predicted octanol–water partition coefficient (Wildman–Crippen LogP) is 0.0440. The summed E-state index contributed by atoms with van der Waals surface area (Å²) < 4.78 is 24.1. The molecule has 1 aliphatic rings. The van der Waals surface area contributed by atoms with Gasteiger partial charge in [0.05, 0.1) is 0 Å². The van der Waals surface area contributed by atoms with Crippen molar-refractivity contribution in [3.8, 4) is 0 Å². The van der Waals surface area contributed by atoms with Crippen LogP contribution in [0, 0.1) is 0 Å². The predicted molar refractivity (Wildman–Crippen MR) is 60.6 cm³/mol. The number of nitrogens with zero attached hydrogens (tertiary/aromatic N) is 1. The molecule has 5 nitrogen and oxygen atoms in total. The van der Waals surface area contributed by atoms with Crippen molar-refractivity contribution < 1.29 is 8.42 Å². The Labute approximate surface area is 92.2 Å². The third-order valence-electron chi connectivity index (χ3n) is 2.75. The Bertz CT molecular complexity index is 271. The van der Waals surface area contributed by atoms with E-state index in [1.807, 2.05) is 0 Å². The fourth-order valence-electron chi connectivity index (χ4n) is 1.89. The maximum absolute atomic E-state index is 10.8. The minimum Gasteiger partial charge on any atom is -0.303 e. The molecule has 1 fully saturated rings. The van der Waals surface area contributed by atoms with Gasteiger partial charge in [-0.15, -0.1) is 0 Å². The van der Waals surface area contributed by atoms with Gasteiger partial charge in [-0.1, -0.05) is 13.3 Å². The standard InChI is InChI=1S/C9H21N3O2S/c1-2-3-6-12-7-4-9(5-8-12)11-15(10,13)14/h9,11H,2-8H2,1H3,(H2,10,13,14). The van der Waals surface area contributed by atoms with Crippen LogP contribution in [0.1, 0.15) is 32.6 Å². The van der Waals surface area contributed by atoms with Gasteiger partial charge < -0.3 is 4.90 Å². The second-order valence-corrected chi connectivity index (χ2v) is 5.46. The van der Waals surface area contributed by atoms with Crippen molar-refractivity contribution in [2.24, 2.45) is 5.14 Å². The third-order valence-corrected chi connectivity index (χ3v) is 3.41. The average Bonchev–Trinajstić information content (AvgIpc) is 2.14. The molecule has 1 saturated heterocycles. The Hall–Kier alpha value is -0.170. The maximum Gasteiger partial charge on any atom is 0.274 e. The van der Waals surface area contributed by atoms with E-state index >= 15 is 0 Å². The molecular weight excluding hydrogens is 214 g/mol. The number of nitrogens with one attached hydrogen (secondary N) is 1. The van der Waals surface area contributed by atoms with Gasteiger partial charge in [0.25, 0.3) is 10.2 Å². The van der Waals surface area contributed by atoms with E-state index in [1.54, 1.807) is 0 Å². The maximum atomic E-state index is 10.8. The van der Waals surface area contributed by atoms with E-state index in [9.17, 15) is 8.42 Å². The summed E-state index contributed by atoms with van der Waals surface area (Å²) in [7, 11) is -3.53. The molecule has 0 aliphatic carbocycles. The van der Waals surface area contributed by atoms with E-state index < -0.39 is 10.2 Å². The minimum absolute atomic E-state index is 0.0258. The Morgan fingerprint density at radius 1 is 1.40 bits per heavy atom. The van der Waals surface area contributed by atoms with Gasteiger partial charge in [-0.3, -0.25) is 0 Å². The van der Waals surface area contributed by atoms with Crippen LogP contribution in [0.2, 0.25) is 0 Å². The van der Waals surface area contributed by atoms with Crippen molar-refractivity contribution in [3.63, 3.8) is 0 Å². The smallest absolute Gasteiger partial charge is 0.274 e. The number of unbranched alkanes of at least 4 members (excludes halogenated alkanes) is 1. The van der Waals surface area contributed by atoms with Gasteiger partial charge >= 0.3 is 0 Å². The van der Waals surface area contributed by atoms with Crippen LogP contribution in [-0.4, -0.2) is 39.0 Å². The molecule has 0 aromatic heterocycles. The van der Waals surface area contributed by atoms with Crippen molar-refractivity contribution in [2.45, 2.75) is 38.6 Å². The molecule has 0 amide bonds. The van der Waals surface area contributed by atoms with Crippen LogP contribution in [0.3, 0.4) is 0 Å². The van der Waals surface area contributed by atoms with Gasteiger partial charge in [0.1, 0.15) is 0 Å². The molecule has 90 valence electrons. The number of likely N-dealkylation sites (tertiary alicyclic amines) is 1. The SMILES string of the molecule is CCCCN1CCC(NS(N)(=O)=O)CC1. The molecule has 0 bridgehead atoms. The molecule has 1 rings (SSSR count). The Balaban J connectivity index is 2.24. The van der Waals surface area contributed by atoms with Crippen molar-refractivity contribution in [1.29, 1.82) is 0 Å². The van der Waals surface area contributed by atoms with E-state index in [-0.39, 0.29) is 6.04 Å². The lowest BCUT2D eigenvalue weighted by Gasteiger charge is -2.31. The normalized spacial score (nSPS) is 20.7. The lowest BCUT2D eigenvalue weighted by molar-refractivity contribution is 0.205. The Kier molecular flexibility index (Phi) is 4.98. The second kappa shape index (κ2) is 5.79. The van der Waals surface area contributed by atoms with Gasteiger partial charge in [-0.2, -0.15) is 13.1 Å². The highest BCUT2D eigenvalue weighted by Crippen LogP contribution is 2.11. The van der Waals surface area contributed by atoms with E-state index in [2.05, 4.69) is 16.5 Å². The molecule has 15 heavy (non-hydrogen) atoms. The summed E-state index contributed by atoms with van der Waals surface area (Å²) in [5.74, 6) is 0. The van der Waals surface area contributed by atoms with Crippen LogP contribution in [-0.2, 0) is 10.2 Å². The van der Waals surface area contributed by atoms with Crippen LogP contribution < -0.4 is 9.86 Å². The zero-order chi connectivity index (χ0) is 11.3. The summed E-state index contributed by atoms with van der Waals surface area (Å²) in [6, 6.07) is 0.0258. The van der Waals surface area contributed by atoms with Crippen LogP contribution in [0.5, 0.6) is 0 Å². The quantitative estimate of drug-likeness (QED) is 0.706. The van der Waals surface area contributed by atoms with E-state index in [4.69, 9.17) is 5.14 Å². The van der Waals surface area contributed by atoms with Crippen LogP contribution in [0.25, 0.3) is 0 Å². The Morgan fingerprint density at radius 3 is 2.47 bits per heavy atom. The molecule has 0 aromatic carbocycles. The lowest BCUT2D eigenvalue weighted by atomic mass is 10.1. The average molecular weight is 235 g/mol. The molecule has 6 heteroatoms. The summed E-state index contributed by atoms with van der Waals surface area (Å²) in [6.45, 7) is 5.23. The fourth-order valence-corrected chi connectivity index (χ4v) is 2.59. The van der Waals surface area contributed by atoms with Crippen LogP contribution in [0.15, 0.2) is 0 Å². The monoisotopic (exact) mass is 235 g/mol. The van der Waals surface area contributed by atoms with Crippen molar-refractivity contribution in [2.75, 3.05) is 19.6 Å². The molecule has 0 atom stereocenters. The number of hydrogen-bond donors (Lipinski definition) is 2. The van der Waals surface area contributed by atoms with Gasteiger partial charge in [0.2, 0.25) is 0 Å². The van der Waals surface area contributed by atoms with Crippen LogP contribution in [0.4, 0.5) is 0 Å². The Morgan fingerprint density at radius 2 is 2.00 bits per heavy atom. The molecule has 0 saturated carbocycles. The first-order chi connectivity index (χ1) is 7.01. The zero-order valence-electron chi connectivity index (χ0n) is 9.28.